The maximum absolute atomic E-state index is 12.3. The number of carbonyl (C=O) groups excluding carboxylic acids is 2. The van der Waals surface area contributed by atoms with Crippen molar-refractivity contribution >= 4 is 92.9 Å². The minimum atomic E-state index is -1.33. The third-order valence-corrected chi connectivity index (χ3v) is 5.13. The van der Waals surface area contributed by atoms with Crippen LogP contribution in [0.1, 0.15) is 23.2 Å². The summed E-state index contributed by atoms with van der Waals surface area (Å²) < 4.78 is 0. The van der Waals surface area contributed by atoms with Gasteiger partial charge in [-0.25, -0.2) is 4.79 Å². The molecule has 1 aliphatic heterocycles. The van der Waals surface area contributed by atoms with Gasteiger partial charge in [0.05, 0.1) is 6.04 Å². The first-order chi connectivity index (χ1) is 16.2. The van der Waals surface area contributed by atoms with Crippen molar-refractivity contribution in [2.24, 2.45) is 0 Å². The van der Waals surface area contributed by atoms with Crippen molar-refractivity contribution in [3.63, 3.8) is 0 Å². The van der Waals surface area contributed by atoms with Crippen LogP contribution in [0.25, 0.3) is 0 Å². The van der Waals surface area contributed by atoms with Gasteiger partial charge in [-0.1, -0.05) is 0 Å². The number of carbonyl (C=O) groups is 4. The summed E-state index contributed by atoms with van der Waals surface area (Å²) in [6.07, 6.45) is -0.101. The predicted molar refractivity (Wildman–Crippen MR) is 129 cm³/mol. The molecule has 14 nitrogen and oxygen atoms in total. The van der Waals surface area contributed by atoms with Crippen molar-refractivity contribution in [2.75, 3.05) is 34.4 Å². The van der Waals surface area contributed by atoms with Gasteiger partial charge in [0, 0.05) is 30.8 Å². The summed E-state index contributed by atoms with van der Waals surface area (Å²) in [4.78, 5) is 65.7. The SMILES string of the molecule is Nc1nc(=O)c2c([nH]1)NCC(CNc1ccc(C(=O)N[C@@H](CCC(=O)O)C(=O)O)cc1)N2C=O.[SrH2]. The van der Waals surface area contributed by atoms with Gasteiger partial charge in [0.15, 0.2) is 5.69 Å². The number of nitrogens with one attached hydrogen (secondary N) is 4. The molecule has 35 heavy (non-hydrogen) atoms. The zero-order valence-corrected chi connectivity index (χ0v) is 17.8. The molecule has 0 spiro atoms. The second-order valence-electron chi connectivity index (χ2n) is 7.45. The fourth-order valence-electron chi connectivity index (χ4n) is 3.40. The van der Waals surface area contributed by atoms with Crippen LogP contribution in [-0.2, 0) is 14.4 Å². The number of carboxylic acid groups (broad SMARTS) is 2. The number of hydrogen-bond donors (Lipinski definition) is 7. The summed E-state index contributed by atoms with van der Waals surface area (Å²) in [5, 5.41) is 26.3. The molecular formula is C20H25N7O7Sr. The van der Waals surface area contributed by atoms with Gasteiger partial charge in [0.25, 0.3) is 5.91 Å². The molecule has 2 aromatic rings. The van der Waals surface area contributed by atoms with Crippen LogP contribution in [0.2, 0.25) is 0 Å². The number of nitrogens with zero attached hydrogens (tertiary/aromatic N) is 2. The molecule has 2 atom stereocenters. The molecule has 2 amide bonds. The number of nitrogens with two attached hydrogens (primary N) is 1. The Bertz CT molecular complexity index is 1160. The first-order valence-electron chi connectivity index (χ1n) is 10.2. The monoisotopic (exact) mass is 563 g/mol. The number of anilines is 4. The van der Waals surface area contributed by atoms with Crippen LogP contribution in [-0.4, -0.2) is 115 Å². The number of aromatic nitrogens is 2. The van der Waals surface area contributed by atoms with Gasteiger partial charge in [-0.15, -0.1) is 0 Å². The quantitative estimate of drug-likeness (QED) is 0.128. The zero-order valence-electron chi connectivity index (χ0n) is 17.8. The molecule has 0 saturated carbocycles. The fraction of sp³-hybridized carbons (Fsp3) is 0.300. The molecule has 184 valence electrons. The van der Waals surface area contributed by atoms with Crippen LogP contribution in [0.4, 0.5) is 23.1 Å². The summed E-state index contributed by atoms with van der Waals surface area (Å²) in [6.45, 7) is 0.586. The topological polar surface area (TPSA) is 220 Å². The molecule has 0 bridgehead atoms. The Morgan fingerprint density at radius 2 is 1.94 bits per heavy atom. The van der Waals surface area contributed by atoms with Gasteiger partial charge >= 0.3 is 63.0 Å². The van der Waals surface area contributed by atoms with E-state index < -0.39 is 41.9 Å². The van der Waals surface area contributed by atoms with Gasteiger partial charge in [-0.2, -0.15) is 4.98 Å². The molecular weight excluding hydrogens is 538 g/mol. The Kier molecular flexibility index (Phi) is 10.1. The number of aliphatic carboxylic acids is 2. The predicted octanol–water partition coefficient (Wildman–Crippen LogP) is -1.65. The van der Waals surface area contributed by atoms with E-state index in [0.29, 0.717) is 24.5 Å². The van der Waals surface area contributed by atoms with Gasteiger partial charge in [0.2, 0.25) is 12.4 Å². The van der Waals surface area contributed by atoms with Gasteiger partial charge in [-0.05, 0) is 30.7 Å². The molecule has 1 unspecified atom stereocenters. The molecule has 0 aliphatic carbocycles. The first-order valence-corrected chi connectivity index (χ1v) is 10.2. The van der Waals surface area contributed by atoms with Crippen LogP contribution in [0.5, 0.6) is 0 Å². The van der Waals surface area contributed by atoms with Crippen molar-refractivity contribution < 1.29 is 29.4 Å². The van der Waals surface area contributed by atoms with E-state index in [9.17, 15) is 29.1 Å². The van der Waals surface area contributed by atoms with E-state index in [-0.39, 0.29) is 75.6 Å². The number of hydrogen-bond acceptors (Lipinski definition) is 9. The number of nitrogen functional groups attached to an aromatic ring is 1. The van der Waals surface area contributed by atoms with Crippen LogP contribution >= 0.6 is 0 Å². The molecule has 8 N–H and O–H groups in total. The summed E-state index contributed by atoms with van der Waals surface area (Å²) in [7, 11) is 0. The molecule has 0 radical (unpaired) electrons. The van der Waals surface area contributed by atoms with Crippen LogP contribution in [0.3, 0.4) is 0 Å². The van der Waals surface area contributed by atoms with E-state index >= 15 is 0 Å². The van der Waals surface area contributed by atoms with Crippen LogP contribution < -0.4 is 32.1 Å². The molecule has 1 aromatic carbocycles. The van der Waals surface area contributed by atoms with E-state index in [0.717, 1.165) is 0 Å². The first kappa shape index (κ1) is 28.1. The van der Waals surface area contributed by atoms with Gasteiger partial charge in [-0.3, -0.25) is 19.2 Å². The molecule has 15 heteroatoms. The summed E-state index contributed by atoms with van der Waals surface area (Å²) in [6, 6.07) is 4.36. The number of amides is 2. The minimum absolute atomic E-state index is 0. The summed E-state index contributed by atoms with van der Waals surface area (Å²) in [5.41, 5.74) is 5.74. The van der Waals surface area contributed by atoms with E-state index in [4.69, 9.17) is 10.8 Å². The second kappa shape index (κ2) is 12.5. The average Bonchev–Trinajstić information content (AvgIpc) is 2.79. The Hall–Kier alpha value is -3.14. The van der Waals surface area contributed by atoms with Crippen molar-refractivity contribution in [2.45, 2.75) is 24.9 Å². The van der Waals surface area contributed by atoms with E-state index in [1.807, 2.05) is 0 Å². The summed E-state index contributed by atoms with van der Waals surface area (Å²) in [5.74, 6) is -2.91. The fourth-order valence-corrected chi connectivity index (χ4v) is 3.40. The average molecular weight is 563 g/mol. The van der Waals surface area contributed by atoms with E-state index in [1.165, 1.54) is 17.0 Å². The normalized spacial score (nSPS) is 15.0. The Labute approximate surface area is 235 Å². The molecule has 1 aliphatic rings. The van der Waals surface area contributed by atoms with Crippen LogP contribution in [0.15, 0.2) is 29.1 Å². The van der Waals surface area contributed by atoms with Crippen molar-refractivity contribution in [1.82, 2.24) is 15.3 Å². The van der Waals surface area contributed by atoms with E-state index in [2.05, 4.69) is 25.9 Å². The third kappa shape index (κ3) is 7.17. The van der Waals surface area contributed by atoms with Crippen molar-refractivity contribution in [1.29, 1.82) is 0 Å². The Balaban J connectivity index is 0.00000432. The Morgan fingerprint density at radius 1 is 1.26 bits per heavy atom. The number of carboxylic acids is 2. The van der Waals surface area contributed by atoms with Crippen LogP contribution in [0, 0.1) is 0 Å². The molecule has 1 aromatic heterocycles. The Morgan fingerprint density at radius 3 is 2.54 bits per heavy atom. The van der Waals surface area contributed by atoms with Crippen molar-refractivity contribution in [3.05, 3.63) is 40.2 Å². The number of H-pyrrole nitrogens is 1. The summed E-state index contributed by atoms with van der Waals surface area (Å²) >= 11 is 0. The number of rotatable bonds is 10. The molecule has 0 fully saturated rings. The number of fused-ring (bicyclic) bond motifs is 1. The van der Waals surface area contributed by atoms with E-state index in [1.54, 1.807) is 12.1 Å². The molecule has 0 saturated heterocycles. The molecule has 3 rings (SSSR count). The maximum atomic E-state index is 12.3. The third-order valence-electron chi connectivity index (χ3n) is 5.13. The molecule has 2 heterocycles. The number of benzene rings is 1. The zero-order chi connectivity index (χ0) is 24.8. The second-order valence-corrected chi connectivity index (χ2v) is 7.45. The van der Waals surface area contributed by atoms with Gasteiger partial charge < -0.3 is 41.8 Å². The van der Waals surface area contributed by atoms with Crippen molar-refractivity contribution in [3.8, 4) is 0 Å². The van der Waals surface area contributed by atoms with Gasteiger partial charge in [0.1, 0.15) is 11.9 Å². The number of aromatic amines is 1. The standard InChI is InChI=1S/C20H23N7O7.Sr.2H/c21-20-25-16-15(18(32)26-20)27(9-28)12(8-23-16)7-22-11-3-1-10(2-4-11)17(31)24-13(19(33)34)5-6-14(29)30;;;/h1-4,9,12-13,22H,5-8H2,(H,24,31)(H,29,30)(H,33,34)(H4,21,23,25,26,32);;;/t12?,13-;;;/m0.../s1.